The smallest absolute Gasteiger partial charge is 0.490 e. The summed E-state index contributed by atoms with van der Waals surface area (Å²) >= 11 is 17.7. The van der Waals surface area contributed by atoms with Gasteiger partial charge in [0.05, 0.1) is 44.6 Å². The molecule has 94 heavy (non-hydrogen) atoms. The van der Waals surface area contributed by atoms with Crippen molar-refractivity contribution in [3.05, 3.63) is 201 Å². The first-order chi connectivity index (χ1) is 44.0. The third-order valence-corrected chi connectivity index (χ3v) is 19.8. The van der Waals surface area contributed by atoms with Crippen molar-refractivity contribution in [1.82, 2.24) is 28.7 Å². The van der Waals surface area contributed by atoms with Gasteiger partial charge in [0.25, 0.3) is 16.7 Å². The van der Waals surface area contributed by atoms with Crippen LogP contribution in [0.15, 0.2) is 150 Å². The van der Waals surface area contributed by atoms with Crippen LogP contribution in [0, 0.1) is 0 Å². The second-order valence-corrected chi connectivity index (χ2v) is 26.8. The number of ether oxygens (including phenoxy) is 5. The number of halogens is 6. The van der Waals surface area contributed by atoms with E-state index in [9.17, 15) is 76.0 Å². The molecule has 14 atom stereocenters. The topological polar surface area (TPSA) is 498 Å². The van der Waals surface area contributed by atoms with E-state index < -0.39 is 175 Å². The molecule has 3 saturated heterocycles. The molecule has 0 amide bonds. The Bertz CT molecular complexity index is 4130. The Labute approximate surface area is 539 Å². The SMILES string of the molecule is COc1ccc(C(O[C@H]2[C@@H](F)[C@H](n3ccc(=O)[nH]c3=O)O[C@@]2(CO)CCl)(c2ccccc2)c2ccccc2)cc1.O=c1ccn([C@@H]2O[C@](CCl)(COP(=O)(O)O)[C@@H](O)[C@H]2F)c(=O)[nH]1.O=c1ccn([C@@H]2O[C@](CCl)(COP(=O)(O)OP(=O)(O)OP(=O)(O)O)[C@@H](O)[C@H]2F)c(=O)[nH]1. The molecule has 6 aromatic rings. The standard InChI is InChI=1S/C30H28ClFN2O6.C10H15ClFN2O14P3.C10H13ClFN2O8P/c1-38-23-14-12-22(13-15-23)30(20-8-4-2-5-9-20,21-10-6-3-7-11-21)39-26-25(32)27(40-29(26,18-31)19-35)34-17-16-24(36)33-28(34)37;11-3-10(4-25-30(21,22)28-31(23,24)27-29(18,19)20)7(16)6(12)8(26-10)14-2-1-5(15)13-9(14)17;11-3-10(4-21-23(18,19)20)7(16)6(12)8(22-10)14-2-1-5(15)13-9(14)17/h2-17,25-27,35H,18-19H2,1H3,(H,33,36,37);1-2,6-8,16H,3-4H2,(H,21,22)(H,23,24)(H,13,15,17)(H2,18,19,20);1-2,6-8,16H,3-4H2,(H,13,15,17)(H2,18,19,20)/t25-,26+,27-,29-;2*6-,7+,8-,10-/m111/s1. The molecule has 44 heteroatoms. The van der Waals surface area contributed by atoms with Crippen molar-refractivity contribution in [3.8, 4) is 5.75 Å². The number of aromatic amines is 3. The van der Waals surface area contributed by atoms with Crippen LogP contribution in [0.2, 0.25) is 0 Å². The summed E-state index contributed by atoms with van der Waals surface area (Å²) in [6, 6.07) is 28.7. The summed E-state index contributed by atoms with van der Waals surface area (Å²) in [7, 11) is -20.4. The number of rotatable bonds is 23. The largest absolute Gasteiger partial charge is 0.497 e. The molecule has 0 aliphatic carbocycles. The van der Waals surface area contributed by atoms with E-state index >= 15 is 4.39 Å². The molecule has 0 saturated carbocycles. The molecule has 3 aliphatic heterocycles. The Morgan fingerprint density at radius 2 is 0.894 bits per heavy atom. The average molecular weight is 1480 g/mol. The molecule has 2 unspecified atom stereocenters. The molecule has 34 nitrogen and oxygen atoms in total. The van der Waals surface area contributed by atoms with Gasteiger partial charge in [-0.05, 0) is 28.8 Å². The van der Waals surface area contributed by atoms with E-state index in [-0.39, 0.29) is 5.88 Å². The first kappa shape index (κ1) is 75.8. The van der Waals surface area contributed by atoms with Gasteiger partial charge < -0.3 is 68.4 Å². The number of aliphatic hydroxyl groups excluding tert-OH is 3. The van der Waals surface area contributed by atoms with Crippen molar-refractivity contribution >= 4 is 66.1 Å². The predicted molar refractivity (Wildman–Crippen MR) is 317 cm³/mol. The van der Waals surface area contributed by atoms with Gasteiger partial charge in [-0.1, -0.05) is 72.8 Å². The van der Waals surface area contributed by atoms with Gasteiger partial charge in [-0.15, -0.1) is 34.8 Å². The Balaban J connectivity index is 0.000000208. The van der Waals surface area contributed by atoms with Gasteiger partial charge in [-0.25, -0.2) is 45.8 Å². The number of aromatic nitrogens is 6. The first-order valence-corrected chi connectivity index (χ1v) is 34.1. The van der Waals surface area contributed by atoms with Gasteiger partial charge in [-0.3, -0.25) is 52.1 Å². The molecule has 516 valence electrons. The number of benzene rings is 3. The van der Waals surface area contributed by atoms with Gasteiger partial charge in [0.2, 0.25) is 0 Å². The fourth-order valence-corrected chi connectivity index (χ4v) is 14.1. The summed E-state index contributed by atoms with van der Waals surface area (Å²) in [6.07, 6.45) is -14.2. The summed E-state index contributed by atoms with van der Waals surface area (Å²) in [5, 5.41) is 30.7. The van der Waals surface area contributed by atoms with Crippen LogP contribution >= 0.6 is 66.1 Å². The van der Waals surface area contributed by atoms with E-state index in [4.69, 9.17) is 83.0 Å². The number of H-pyrrole nitrogens is 3. The van der Waals surface area contributed by atoms with Crippen molar-refractivity contribution in [2.75, 3.05) is 44.6 Å². The monoisotopic (exact) mass is 1470 g/mol. The summed E-state index contributed by atoms with van der Waals surface area (Å²) in [5.41, 5.74) is -10.5. The summed E-state index contributed by atoms with van der Waals surface area (Å²) < 4.78 is 137. The van der Waals surface area contributed by atoms with Crippen molar-refractivity contribution in [3.63, 3.8) is 0 Å². The average Bonchev–Trinajstić information content (AvgIpc) is 1.77. The minimum atomic E-state index is -5.82. The number of alkyl halides is 6. The zero-order valence-corrected chi connectivity index (χ0v) is 53.5. The van der Waals surface area contributed by atoms with Crippen LogP contribution < -0.4 is 38.5 Å². The third kappa shape index (κ3) is 17.2. The number of hydrogen-bond acceptors (Lipinski definition) is 22. The first-order valence-electron chi connectivity index (χ1n) is 26.5. The van der Waals surface area contributed by atoms with E-state index in [1.807, 2.05) is 82.8 Å². The summed E-state index contributed by atoms with van der Waals surface area (Å²) in [4.78, 5) is 129. The van der Waals surface area contributed by atoms with Gasteiger partial charge >= 0.3 is 48.4 Å². The maximum atomic E-state index is 16.6. The lowest BCUT2D eigenvalue weighted by molar-refractivity contribution is -0.154. The van der Waals surface area contributed by atoms with E-state index in [0.29, 0.717) is 31.6 Å². The second-order valence-electron chi connectivity index (χ2n) is 20.4. The number of aliphatic hydroxyl groups is 3. The maximum Gasteiger partial charge on any atom is 0.490 e. The molecule has 3 aromatic heterocycles. The quantitative estimate of drug-likeness (QED) is 0.0247. The molecule has 0 spiro atoms. The Morgan fingerprint density at radius 3 is 1.24 bits per heavy atom. The highest BCUT2D eigenvalue weighted by atomic mass is 35.5. The predicted octanol–water partition coefficient (Wildman–Crippen LogP) is 1.70. The lowest BCUT2D eigenvalue weighted by atomic mass is 9.79. The van der Waals surface area contributed by atoms with Gasteiger partial charge in [0.15, 0.2) is 37.2 Å². The van der Waals surface area contributed by atoms with Crippen LogP contribution in [-0.4, -0.2) is 172 Å². The lowest BCUT2D eigenvalue weighted by Gasteiger charge is -2.42. The van der Waals surface area contributed by atoms with Crippen molar-refractivity contribution < 1.29 is 117 Å². The van der Waals surface area contributed by atoms with Crippen LogP contribution in [-0.2, 0) is 60.5 Å². The van der Waals surface area contributed by atoms with E-state index in [1.54, 1.807) is 19.2 Å². The second kappa shape index (κ2) is 30.4. The van der Waals surface area contributed by atoms with E-state index in [2.05, 4.69) is 22.7 Å². The molecule has 6 heterocycles. The van der Waals surface area contributed by atoms with Crippen LogP contribution in [0.25, 0.3) is 0 Å². The Morgan fingerprint density at radius 1 is 0.521 bits per heavy atom. The molecular weight excluding hydrogens is 1420 g/mol. The molecule has 12 N–H and O–H groups in total. The highest BCUT2D eigenvalue weighted by Gasteiger charge is 2.61. The van der Waals surface area contributed by atoms with Crippen molar-refractivity contribution in [2.45, 2.75) is 77.9 Å². The molecule has 9 rings (SSSR count). The van der Waals surface area contributed by atoms with Gasteiger partial charge in [-0.2, -0.15) is 8.62 Å². The number of methoxy groups -OCH3 is 1. The third-order valence-electron chi connectivity index (χ3n) is 14.2. The number of phosphoric ester groups is 2. The zero-order chi connectivity index (χ0) is 69.6. The summed E-state index contributed by atoms with van der Waals surface area (Å²) in [5.74, 6) is -1.09. The van der Waals surface area contributed by atoms with Crippen LogP contribution in [0.1, 0.15) is 35.4 Å². The number of hydrogen-bond donors (Lipinski definition) is 12. The Hall–Kier alpha value is -5.60. The van der Waals surface area contributed by atoms with Gasteiger partial charge in [0.1, 0.15) is 46.5 Å². The van der Waals surface area contributed by atoms with E-state index in [0.717, 1.165) is 41.4 Å². The summed E-state index contributed by atoms with van der Waals surface area (Å²) in [6.45, 7) is -2.87. The van der Waals surface area contributed by atoms with Gasteiger partial charge in [0, 0.05) is 36.8 Å². The molecule has 3 fully saturated rings. The molecule has 3 aromatic carbocycles. The fourth-order valence-electron chi connectivity index (χ4n) is 9.71. The van der Waals surface area contributed by atoms with Crippen molar-refractivity contribution in [2.24, 2.45) is 0 Å². The highest BCUT2D eigenvalue weighted by molar-refractivity contribution is 7.66. The van der Waals surface area contributed by atoms with E-state index in [1.165, 1.54) is 0 Å². The minimum absolute atomic E-state index is 0.342. The molecule has 0 radical (unpaired) electrons. The number of phosphoric acid groups is 4. The molecule has 0 bridgehead atoms. The minimum Gasteiger partial charge on any atom is -0.497 e. The van der Waals surface area contributed by atoms with Crippen LogP contribution in [0.3, 0.4) is 0 Å². The zero-order valence-electron chi connectivity index (χ0n) is 47.7. The Kier molecular flexibility index (Phi) is 24.5. The lowest BCUT2D eigenvalue weighted by Crippen LogP contribution is -2.53. The molecule has 3 aliphatic rings. The maximum absolute atomic E-state index is 16.6. The van der Waals surface area contributed by atoms with Crippen molar-refractivity contribution in [1.29, 1.82) is 0 Å². The number of nitrogens with zero attached hydrogens (tertiary/aromatic N) is 3. The number of nitrogens with one attached hydrogen (secondary N) is 3. The van der Waals surface area contributed by atoms with Crippen LogP contribution in [0.4, 0.5) is 13.2 Å². The highest BCUT2D eigenvalue weighted by Crippen LogP contribution is 2.66. The van der Waals surface area contributed by atoms with Crippen LogP contribution in [0.5, 0.6) is 5.75 Å². The fraction of sp³-hybridized carbons (Fsp3) is 0.400. The molecular formula is C50H56Cl3F3N6O28P4. The normalized spacial score (nSPS) is 27.5.